The summed E-state index contributed by atoms with van der Waals surface area (Å²) in [6.07, 6.45) is 6.09. The van der Waals surface area contributed by atoms with E-state index >= 15 is 0 Å². The van der Waals surface area contributed by atoms with E-state index < -0.39 is 5.54 Å². The van der Waals surface area contributed by atoms with Gasteiger partial charge in [0.25, 0.3) is 0 Å². The van der Waals surface area contributed by atoms with Crippen LogP contribution in [0.2, 0.25) is 0 Å². The van der Waals surface area contributed by atoms with E-state index in [9.17, 15) is 4.79 Å². The molecular formula is C14H27N3O. The first-order chi connectivity index (χ1) is 8.54. The number of rotatable bonds is 6. The van der Waals surface area contributed by atoms with Crippen LogP contribution in [-0.2, 0) is 4.79 Å². The molecule has 2 fully saturated rings. The first kappa shape index (κ1) is 13.8. The van der Waals surface area contributed by atoms with Crippen molar-refractivity contribution in [2.45, 2.75) is 57.5 Å². The van der Waals surface area contributed by atoms with E-state index in [4.69, 9.17) is 5.73 Å². The topological polar surface area (TPSA) is 58.4 Å². The van der Waals surface area contributed by atoms with E-state index in [1.807, 2.05) is 0 Å². The van der Waals surface area contributed by atoms with Gasteiger partial charge >= 0.3 is 0 Å². The van der Waals surface area contributed by atoms with Gasteiger partial charge in [0, 0.05) is 12.6 Å². The number of likely N-dealkylation sites (tertiary alicyclic amines) is 1. The Hall–Kier alpha value is -0.610. The zero-order valence-electron chi connectivity index (χ0n) is 11.7. The number of piperidine rings is 1. The van der Waals surface area contributed by atoms with Crippen molar-refractivity contribution >= 4 is 5.91 Å². The minimum Gasteiger partial charge on any atom is -0.368 e. The zero-order valence-corrected chi connectivity index (χ0v) is 11.7. The van der Waals surface area contributed by atoms with Gasteiger partial charge in [0.2, 0.25) is 5.91 Å². The summed E-state index contributed by atoms with van der Waals surface area (Å²) in [6.45, 7) is 7.21. The van der Waals surface area contributed by atoms with Crippen molar-refractivity contribution in [2.24, 2.45) is 11.7 Å². The van der Waals surface area contributed by atoms with Crippen LogP contribution in [0, 0.1) is 5.92 Å². The van der Waals surface area contributed by atoms with E-state index in [1.165, 1.54) is 19.3 Å². The van der Waals surface area contributed by atoms with Crippen LogP contribution in [0.3, 0.4) is 0 Å². The molecule has 2 aliphatic rings. The number of carbonyl (C=O) groups excluding carboxylic acids is 1. The number of amides is 1. The summed E-state index contributed by atoms with van der Waals surface area (Å²) in [4.78, 5) is 14.5. The van der Waals surface area contributed by atoms with E-state index in [2.05, 4.69) is 24.1 Å². The third-order valence-corrected chi connectivity index (χ3v) is 4.18. The largest absolute Gasteiger partial charge is 0.368 e. The SMILES string of the molecule is CC(C)NC(CN1CCCCC1)(C(N)=O)C1CC1. The van der Waals surface area contributed by atoms with E-state index in [-0.39, 0.29) is 5.91 Å². The standard InChI is InChI=1S/C14H27N3O/c1-11(2)16-14(13(15)18,12-6-7-12)10-17-8-4-3-5-9-17/h11-12,16H,3-10H2,1-2H3,(H2,15,18). The zero-order chi connectivity index (χ0) is 13.2. The maximum Gasteiger partial charge on any atom is 0.239 e. The number of nitrogens with two attached hydrogens (primary N) is 1. The molecule has 1 heterocycles. The first-order valence-corrected chi connectivity index (χ1v) is 7.34. The van der Waals surface area contributed by atoms with Crippen LogP contribution in [0.1, 0.15) is 46.0 Å². The molecule has 1 atom stereocenters. The van der Waals surface area contributed by atoms with Gasteiger partial charge in [-0.15, -0.1) is 0 Å². The van der Waals surface area contributed by atoms with E-state index in [1.54, 1.807) is 0 Å². The van der Waals surface area contributed by atoms with Crippen LogP contribution in [0.25, 0.3) is 0 Å². The van der Waals surface area contributed by atoms with Crippen molar-refractivity contribution in [1.29, 1.82) is 0 Å². The van der Waals surface area contributed by atoms with Crippen molar-refractivity contribution < 1.29 is 4.79 Å². The van der Waals surface area contributed by atoms with Gasteiger partial charge in [-0.3, -0.25) is 10.1 Å². The molecule has 18 heavy (non-hydrogen) atoms. The van der Waals surface area contributed by atoms with Gasteiger partial charge in [0.1, 0.15) is 5.54 Å². The lowest BCUT2D eigenvalue weighted by Crippen LogP contribution is -2.65. The Balaban J connectivity index is 2.08. The van der Waals surface area contributed by atoms with Gasteiger partial charge in [-0.1, -0.05) is 6.42 Å². The number of nitrogens with zero attached hydrogens (tertiary/aromatic N) is 1. The number of nitrogens with one attached hydrogen (secondary N) is 1. The highest BCUT2D eigenvalue weighted by atomic mass is 16.1. The Bertz CT molecular complexity index is 295. The molecule has 4 nitrogen and oxygen atoms in total. The Morgan fingerprint density at radius 1 is 1.33 bits per heavy atom. The predicted molar refractivity (Wildman–Crippen MR) is 73.2 cm³/mol. The van der Waals surface area contributed by atoms with Crippen molar-refractivity contribution in [3.8, 4) is 0 Å². The van der Waals surface area contributed by atoms with Gasteiger partial charge < -0.3 is 10.6 Å². The highest BCUT2D eigenvalue weighted by Gasteiger charge is 2.50. The van der Waals surface area contributed by atoms with Crippen LogP contribution in [0.15, 0.2) is 0 Å². The maximum absolute atomic E-state index is 12.0. The second-order valence-electron chi connectivity index (χ2n) is 6.25. The molecule has 4 heteroatoms. The van der Waals surface area contributed by atoms with Crippen molar-refractivity contribution in [3.63, 3.8) is 0 Å². The Kier molecular flexibility index (Phi) is 4.28. The summed E-state index contributed by atoms with van der Waals surface area (Å²) in [5.41, 5.74) is 5.26. The number of primary amides is 1. The van der Waals surface area contributed by atoms with Gasteiger partial charge in [-0.05, 0) is 58.5 Å². The molecule has 3 N–H and O–H groups in total. The monoisotopic (exact) mass is 253 g/mol. The summed E-state index contributed by atoms with van der Waals surface area (Å²) in [5.74, 6) is 0.281. The molecule has 104 valence electrons. The fourth-order valence-electron chi connectivity index (χ4n) is 3.20. The fraction of sp³-hybridized carbons (Fsp3) is 0.929. The molecule has 1 unspecified atom stereocenters. The third kappa shape index (κ3) is 3.04. The molecule has 0 aromatic rings. The maximum atomic E-state index is 12.0. The molecular weight excluding hydrogens is 226 g/mol. The molecule has 1 aliphatic heterocycles. The summed E-state index contributed by atoms with van der Waals surface area (Å²) >= 11 is 0. The third-order valence-electron chi connectivity index (χ3n) is 4.18. The van der Waals surface area contributed by atoms with Crippen molar-refractivity contribution in [1.82, 2.24) is 10.2 Å². The highest BCUT2D eigenvalue weighted by molar-refractivity contribution is 5.86. The molecule has 0 radical (unpaired) electrons. The smallest absolute Gasteiger partial charge is 0.239 e. The number of hydrogen-bond donors (Lipinski definition) is 2. The van der Waals surface area contributed by atoms with Crippen molar-refractivity contribution in [3.05, 3.63) is 0 Å². The average molecular weight is 253 g/mol. The minimum atomic E-state index is -0.495. The normalized spacial score (nSPS) is 25.1. The van der Waals surface area contributed by atoms with E-state index in [0.29, 0.717) is 12.0 Å². The second kappa shape index (κ2) is 5.57. The number of hydrogen-bond acceptors (Lipinski definition) is 3. The molecule has 0 aromatic heterocycles. The lowest BCUT2D eigenvalue weighted by atomic mass is 9.89. The lowest BCUT2D eigenvalue weighted by Gasteiger charge is -2.40. The Morgan fingerprint density at radius 3 is 2.39 bits per heavy atom. The summed E-state index contributed by atoms with van der Waals surface area (Å²) in [7, 11) is 0. The van der Waals surface area contributed by atoms with Gasteiger partial charge in [-0.2, -0.15) is 0 Å². The highest BCUT2D eigenvalue weighted by Crippen LogP contribution is 2.40. The van der Waals surface area contributed by atoms with Gasteiger partial charge in [0.05, 0.1) is 0 Å². The van der Waals surface area contributed by atoms with Crippen LogP contribution in [-0.4, -0.2) is 42.0 Å². The van der Waals surface area contributed by atoms with Gasteiger partial charge in [-0.25, -0.2) is 0 Å². The lowest BCUT2D eigenvalue weighted by molar-refractivity contribution is -0.126. The molecule has 1 saturated heterocycles. The summed E-state index contributed by atoms with van der Waals surface area (Å²) < 4.78 is 0. The first-order valence-electron chi connectivity index (χ1n) is 7.34. The summed E-state index contributed by atoms with van der Waals surface area (Å²) in [5, 5.41) is 3.49. The Labute approximate surface area is 110 Å². The van der Waals surface area contributed by atoms with Crippen LogP contribution >= 0.6 is 0 Å². The predicted octanol–water partition coefficient (Wildman–Crippen LogP) is 1.10. The molecule has 1 amide bonds. The van der Waals surface area contributed by atoms with Gasteiger partial charge in [0.15, 0.2) is 0 Å². The molecule has 0 bridgehead atoms. The Morgan fingerprint density at radius 2 is 1.94 bits per heavy atom. The molecule has 0 aromatic carbocycles. The minimum absolute atomic E-state index is 0.163. The average Bonchev–Trinajstić information content (AvgIpc) is 3.12. The van der Waals surface area contributed by atoms with E-state index in [0.717, 1.165) is 32.5 Å². The van der Waals surface area contributed by atoms with Crippen LogP contribution in [0.4, 0.5) is 0 Å². The molecule has 1 aliphatic carbocycles. The van der Waals surface area contributed by atoms with Crippen LogP contribution < -0.4 is 11.1 Å². The number of carbonyl (C=O) groups is 1. The second-order valence-corrected chi connectivity index (χ2v) is 6.25. The molecule has 1 saturated carbocycles. The molecule has 0 spiro atoms. The summed E-state index contributed by atoms with van der Waals surface area (Å²) in [6, 6.07) is 0.294. The fourth-order valence-corrected chi connectivity index (χ4v) is 3.20. The van der Waals surface area contributed by atoms with Crippen molar-refractivity contribution in [2.75, 3.05) is 19.6 Å². The molecule has 2 rings (SSSR count). The quantitative estimate of drug-likeness (QED) is 0.745. The van der Waals surface area contributed by atoms with Crippen LogP contribution in [0.5, 0.6) is 0 Å².